The minimum absolute atomic E-state index is 0.123. The van der Waals surface area contributed by atoms with Crippen molar-refractivity contribution in [3.05, 3.63) is 54.4 Å². The molecule has 0 radical (unpaired) electrons. The molecule has 0 saturated heterocycles. The van der Waals surface area contributed by atoms with Crippen LogP contribution in [0.5, 0.6) is 11.5 Å². The second-order valence-electron chi connectivity index (χ2n) is 9.76. The van der Waals surface area contributed by atoms with E-state index in [-0.39, 0.29) is 30.3 Å². The summed E-state index contributed by atoms with van der Waals surface area (Å²) < 4.78 is 11.3. The van der Waals surface area contributed by atoms with Crippen molar-refractivity contribution in [3.8, 4) is 11.5 Å². The number of benzene rings is 1. The molecule has 168 valence electrons. The first kappa shape index (κ1) is 21.0. The molecule has 1 N–H and O–H groups in total. The monoisotopic (exact) mass is 434 g/mol. The number of amides is 1. The number of hydrogen-bond acceptors (Lipinski definition) is 5. The third-order valence-electron chi connectivity index (χ3n) is 7.36. The summed E-state index contributed by atoms with van der Waals surface area (Å²) in [4.78, 5) is 29.3. The second kappa shape index (κ2) is 8.93. The molecule has 1 heterocycles. The lowest BCUT2D eigenvalue weighted by Gasteiger charge is -2.55. The standard InChI is InChI=1S/C26H30N2O4/c29-24(31-17-21-4-1-2-6-23(21)32-22-5-3-8-27-16-22)7-9-28-25(30)26-13-18-10-19(14-26)12-20(11-18)15-26/h1-6,8,16,18-20H,7,9-15,17H2,(H,28,30). The van der Waals surface area contributed by atoms with E-state index in [1.807, 2.05) is 30.3 Å². The van der Waals surface area contributed by atoms with Crippen LogP contribution in [0, 0.1) is 23.2 Å². The van der Waals surface area contributed by atoms with Crippen LogP contribution >= 0.6 is 0 Å². The number of ether oxygens (including phenoxy) is 2. The fraction of sp³-hybridized carbons (Fsp3) is 0.500. The van der Waals surface area contributed by atoms with Crippen molar-refractivity contribution < 1.29 is 19.1 Å². The zero-order valence-corrected chi connectivity index (χ0v) is 18.3. The Hall–Kier alpha value is -2.89. The predicted molar refractivity (Wildman–Crippen MR) is 119 cm³/mol. The average molecular weight is 435 g/mol. The number of nitrogens with one attached hydrogen (secondary N) is 1. The highest BCUT2D eigenvalue weighted by Crippen LogP contribution is 2.60. The first-order chi connectivity index (χ1) is 15.6. The molecule has 0 aliphatic heterocycles. The number of carbonyl (C=O) groups excluding carboxylic acids is 2. The van der Waals surface area contributed by atoms with Gasteiger partial charge in [-0.1, -0.05) is 18.2 Å². The molecule has 1 aromatic heterocycles. The van der Waals surface area contributed by atoms with E-state index in [0.29, 0.717) is 18.0 Å². The van der Waals surface area contributed by atoms with Crippen molar-refractivity contribution in [1.29, 1.82) is 0 Å². The fourth-order valence-corrected chi connectivity index (χ4v) is 6.34. The lowest BCUT2D eigenvalue weighted by Crippen LogP contribution is -2.53. The molecule has 6 nitrogen and oxygen atoms in total. The molecule has 4 aliphatic carbocycles. The Morgan fingerprint density at radius 2 is 1.72 bits per heavy atom. The molecule has 4 aliphatic rings. The molecule has 32 heavy (non-hydrogen) atoms. The van der Waals surface area contributed by atoms with Crippen molar-refractivity contribution >= 4 is 11.9 Å². The van der Waals surface area contributed by atoms with Gasteiger partial charge in [0.2, 0.25) is 5.91 Å². The molecular weight excluding hydrogens is 404 g/mol. The predicted octanol–water partition coefficient (Wildman–Crippen LogP) is 4.64. The number of esters is 1. The maximum atomic E-state index is 13.0. The van der Waals surface area contributed by atoms with Gasteiger partial charge >= 0.3 is 5.97 Å². The largest absolute Gasteiger partial charge is 0.461 e. The summed E-state index contributed by atoms with van der Waals surface area (Å²) in [6.45, 7) is 0.450. The second-order valence-corrected chi connectivity index (χ2v) is 9.76. The molecule has 1 aromatic carbocycles. The van der Waals surface area contributed by atoms with Gasteiger partial charge in [0.1, 0.15) is 18.1 Å². The van der Waals surface area contributed by atoms with E-state index in [9.17, 15) is 9.59 Å². The van der Waals surface area contributed by atoms with Gasteiger partial charge in [0.05, 0.1) is 12.6 Å². The molecule has 1 amide bonds. The average Bonchev–Trinajstić information content (AvgIpc) is 2.78. The van der Waals surface area contributed by atoms with Gasteiger partial charge in [0.15, 0.2) is 0 Å². The molecule has 4 bridgehead atoms. The number of hydrogen-bond donors (Lipinski definition) is 1. The lowest BCUT2D eigenvalue weighted by atomic mass is 9.49. The number of aromatic nitrogens is 1. The zero-order valence-electron chi connectivity index (χ0n) is 18.3. The van der Waals surface area contributed by atoms with E-state index in [1.165, 1.54) is 19.3 Å². The topological polar surface area (TPSA) is 77.5 Å². The van der Waals surface area contributed by atoms with Gasteiger partial charge in [-0.2, -0.15) is 0 Å². The van der Waals surface area contributed by atoms with Gasteiger partial charge in [0.25, 0.3) is 0 Å². The number of nitrogens with zero attached hydrogens (tertiary/aromatic N) is 1. The van der Waals surface area contributed by atoms with Crippen LogP contribution in [0.1, 0.15) is 50.5 Å². The van der Waals surface area contributed by atoms with Gasteiger partial charge in [-0.05, 0) is 74.5 Å². The van der Waals surface area contributed by atoms with Gasteiger partial charge in [-0.3, -0.25) is 14.6 Å². The van der Waals surface area contributed by atoms with Crippen molar-refractivity contribution in [1.82, 2.24) is 10.3 Å². The van der Waals surface area contributed by atoms with Crippen molar-refractivity contribution in [2.24, 2.45) is 23.2 Å². The summed E-state index contributed by atoms with van der Waals surface area (Å²) in [6.07, 6.45) is 10.5. The maximum absolute atomic E-state index is 13.0. The summed E-state index contributed by atoms with van der Waals surface area (Å²) in [7, 11) is 0. The van der Waals surface area contributed by atoms with E-state index < -0.39 is 0 Å². The van der Waals surface area contributed by atoms with E-state index in [1.54, 1.807) is 18.5 Å². The third-order valence-corrected chi connectivity index (χ3v) is 7.36. The lowest BCUT2D eigenvalue weighted by molar-refractivity contribution is -0.147. The Labute approximate surface area is 188 Å². The van der Waals surface area contributed by atoms with Crippen LogP contribution in [0.15, 0.2) is 48.8 Å². The number of para-hydroxylation sites is 1. The summed E-state index contributed by atoms with van der Waals surface area (Å²) in [6, 6.07) is 11.1. The zero-order chi connectivity index (χ0) is 22.0. The fourth-order valence-electron chi connectivity index (χ4n) is 6.34. The van der Waals surface area contributed by atoms with Crippen molar-refractivity contribution in [2.75, 3.05) is 6.54 Å². The van der Waals surface area contributed by atoms with Crippen LogP contribution in [0.4, 0.5) is 0 Å². The van der Waals surface area contributed by atoms with E-state index in [4.69, 9.17) is 9.47 Å². The first-order valence-corrected chi connectivity index (χ1v) is 11.7. The SMILES string of the molecule is O=C(CCNC(=O)C12CC3CC(CC(C3)C1)C2)OCc1ccccc1Oc1cccnc1. The Morgan fingerprint density at radius 1 is 1.00 bits per heavy atom. The minimum atomic E-state index is -0.327. The summed E-state index contributed by atoms with van der Waals surface area (Å²) in [5.41, 5.74) is 0.601. The summed E-state index contributed by atoms with van der Waals surface area (Å²) >= 11 is 0. The van der Waals surface area contributed by atoms with Gasteiger partial charge < -0.3 is 14.8 Å². The van der Waals surface area contributed by atoms with E-state index >= 15 is 0 Å². The Balaban J connectivity index is 1.09. The first-order valence-electron chi connectivity index (χ1n) is 11.7. The number of pyridine rings is 1. The number of carbonyl (C=O) groups is 2. The highest BCUT2D eigenvalue weighted by Gasteiger charge is 2.54. The summed E-state index contributed by atoms with van der Waals surface area (Å²) in [5, 5.41) is 3.04. The molecule has 4 saturated carbocycles. The van der Waals surface area contributed by atoms with Gasteiger partial charge in [-0.15, -0.1) is 0 Å². The van der Waals surface area contributed by atoms with Crippen LogP contribution in [0.25, 0.3) is 0 Å². The molecule has 6 heteroatoms. The van der Waals surface area contributed by atoms with Gasteiger partial charge in [-0.25, -0.2) is 0 Å². The smallest absolute Gasteiger partial charge is 0.307 e. The van der Waals surface area contributed by atoms with Crippen LogP contribution in [-0.4, -0.2) is 23.4 Å². The number of rotatable bonds is 8. The normalized spacial score (nSPS) is 27.7. The molecule has 6 rings (SSSR count). The Morgan fingerprint density at radius 3 is 2.41 bits per heavy atom. The molecule has 4 fully saturated rings. The molecule has 2 aromatic rings. The quantitative estimate of drug-likeness (QED) is 0.613. The molecular formula is C26H30N2O4. The molecule has 0 spiro atoms. The Bertz CT molecular complexity index is 940. The third kappa shape index (κ3) is 4.50. The van der Waals surface area contributed by atoms with Crippen molar-refractivity contribution in [3.63, 3.8) is 0 Å². The van der Waals surface area contributed by atoms with Crippen LogP contribution in [0.3, 0.4) is 0 Å². The van der Waals surface area contributed by atoms with E-state index in [2.05, 4.69) is 10.3 Å². The highest BCUT2D eigenvalue weighted by atomic mass is 16.5. The van der Waals surface area contributed by atoms with Crippen LogP contribution in [0.2, 0.25) is 0 Å². The van der Waals surface area contributed by atoms with Crippen LogP contribution < -0.4 is 10.1 Å². The molecule has 0 unspecified atom stereocenters. The summed E-state index contributed by atoms with van der Waals surface area (Å²) in [5.74, 6) is 3.26. The Kier molecular flexibility index (Phi) is 5.85. The van der Waals surface area contributed by atoms with Gasteiger partial charge in [0, 0.05) is 23.7 Å². The minimum Gasteiger partial charge on any atom is -0.461 e. The van der Waals surface area contributed by atoms with E-state index in [0.717, 1.165) is 42.6 Å². The van der Waals surface area contributed by atoms with Crippen LogP contribution in [-0.2, 0) is 20.9 Å². The molecule has 0 atom stereocenters. The highest BCUT2D eigenvalue weighted by molar-refractivity contribution is 5.83. The maximum Gasteiger partial charge on any atom is 0.307 e. The van der Waals surface area contributed by atoms with Crippen molar-refractivity contribution in [2.45, 2.75) is 51.6 Å².